The number of hydrogen-bond donors (Lipinski definition) is 3. The molecule has 4 N–H and O–H groups in total. The molecule has 1 aliphatic heterocycles. The summed E-state index contributed by atoms with van der Waals surface area (Å²) in [7, 11) is 0. The minimum Gasteiger partial charge on any atom is -0.369 e. The molecule has 0 bridgehead atoms. The molecule has 7 heteroatoms. The van der Waals surface area contributed by atoms with Crippen molar-refractivity contribution in [2.24, 2.45) is 11.7 Å². The first kappa shape index (κ1) is 18.8. The van der Waals surface area contributed by atoms with Gasteiger partial charge in [0.1, 0.15) is 0 Å². The fourth-order valence-electron chi connectivity index (χ4n) is 2.45. The molecule has 0 radical (unpaired) electrons. The summed E-state index contributed by atoms with van der Waals surface area (Å²) in [5.74, 6) is -0.0729. The van der Waals surface area contributed by atoms with Crippen molar-refractivity contribution in [3.8, 4) is 0 Å². The highest BCUT2D eigenvalue weighted by molar-refractivity contribution is 8.00. The molecule has 1 aromatic carbocycles. The molecule has 0 saturated carbocycles. The third-order valence-corrected chi connectivity index (χ3v) is 4.61. The van der Waals surface area contributed by atoms with Crippen LogP contribution in [0.3, 0.4) is 0 Å². The molecule has 122 valence electrons. The topological polar surface area (TPSA) is 84.2 Å². The Bertz CT molecular complexity index is 527. The van der Waals surface area contributed by atoms with E-state index in [0.29, 0.717) is 6.04 Å². The van der Waals surface area contributed by atoms with E-state index in [1.54, 1.807) is 0 Å². The lowest BCUT2D eigenvalue weighted by atomic mass is 9.92. The molecular formula is C15H22ClN3O2S. The molecule has 1 saturated heterocycles. The predicted molar refractivity (Wildman–Crippen MR) is 92.4 cm³/mol. The van der Waals surface area contributed by atoms with Gasteiger partial charge in [-0.1, -0.05) is 12.1 Å². The molecule has 2 amide bonds. The largest absolute Gasteiger partial charge is 0.369 e. The lowest BCUT2D eigenvalue weighted by Gasteiger charge is -2.27. The maximum absolute atomic E-state index is 12.4. The van der Waals surface area contributed by atoms with Crippen LogP contribution in [0.15, 0.2) is 29.2 Å². The van der Waals surface area contributed by atoms with E-state index >= 15 is 0 Å². The summed E-state index contributed by atoms with van der Waals surface area (Å²) in [6.45, 7) is 2.97. The lowest BCUT2D eigenvalue weighted by molar-refractivity contribution is -0.121. The number of primary amides is 1. The molecule has 1 aromatic rings. The number of piperidine rings is 1. The zero-order valence-electron chi connectivity index (χ0n) is 12.5. The zero-order valence-corrected chi connectivity index (χ0v) is 14.1. The van der Waals surface area contributed by atoms with Crippen LogP contribution in [-0.2, 0) is 9.59 Å². The van der Waals surface area contributed by atoms with Crippen LogP contribution in [0.2, 0.25) is 0 Å². The Morgan fingerprint density at radius 1 is 1.41 bits per heavy atom. The normalized spacial score (nSPS) is 20.8. The number of nitrogens with two attached hydrogens (primary N) is 1. The Balaban J connectivity index is 0.00000242. The van der Waals surface area contributed by atoms with Crippen molar-refractivity contribution in [1.29, 1.82) is 0 Å². The molecule has 1 heterocycles. The van der Waals surface area contributed by atoms with Crippen LogP contribution >= 0.6 is 24.2 Å². The van der Waals surface area contributed by atoms with Gasteiger partial charge < -0.3 is 16.4 Å². The standard InChI is InChI=1S/C15H21N3O2S.ClH/c1-10-8-11(6-7-17-10)15(20)18-12-4-2-3-5-13(12)21-9-14(16)19;/h2-5,10-11,17H,6-9H2,1H3,(H2,16,19)(H,18,20);1H/t10-,11-;/m0./s1. The molecule has 0 aliphatic carbocycles. The monoisotopic (exact) mass is 343 g/mol. The van der Waals surface area contributed by atoms with Crippen LogP contribution in [0.1, 0.15) is 19.8 Å². The van der Waals surface area contributed by atoms with E-state index in [1.165, 1.54) is 11.8 Å². The number of anilines is 1. The first-order valence-corrected chi connectivity index (χ1v) is 8.09. The molecule has 0 unspecified atom stereocenters. The van der Waals surface area contributed by atoms with Gasteiger partial charge in [0.2, 0.25) is 11.8 Å². The number of hydrogen-bond acceptors (Lipinski definition) is 4. The van der Waals surface area contributed by atoms with Crippen molar-refractivity contribution in [1.82, 2.24) is 5.32 Å². The van der Waals surface area contributed by atoms with Crippen molar-refractivity contribution < 1.29 is 9.59 Å². The Kier molecular flexibility index (Phi) is 7.72. The molecule has 5 nitrogen and oxygen atoms in total. The summed E-state index contributed by atoms with van der Waals surface area (Å²) in [5, 5.41) is 6.32. The molecule has 2 rings (SSSR count). The van der Waals surface area contributed by atoms with Crippen LogP contribution in [0.25, 0.3) is 0 Å². The SMILES string of the molecule is C[C@H]1C[C@@H](C(=O)Nc2ccccc2SCC(N)=O)CCN1.Cl. The summed E-state index contributed by atoms with van der Waals surface area (Å²) in [4.78, 5) is 24.1. The smallest absolute Gasteiger partial charge is 0.227 e. The molecule has 22 heavy (non-hydrogen) atoms. The van der Waals surface area contributed by atoms with Gasteiger partial charge in [0, 0.05) is 16.9 Å². The Morgan fingerprint density at radius 2 is 2.14 bits per heavy atom. The van der Waals surface area contributed by atoms with Crippen molar-refractivity contribution >= 4 is 41.7 Å². The van der Waals surface area contributed by atoms with Gasteiger partial charge in [0.25, 0.3) is 0 Å². The molecule has 0 aromatic heterocycles. The quantitative estimate of drug-likeness (QED) is 0.714. The number of rotatable bonds is 5. The van der Waals surface area contributed by atoms with Gasteiger partial charge in [-0.05, 0) is 38.4 Å². The van der Waals surface area contributed by atoms with Gasteiger partial charge in [-0.3, -0.25) is 9.59 Å². The van der Waals surface area contributed by atoms with E-state index in [1.807, 2.05) is 24.3 Å². The zero-order chi connectivity index (χ0) is 15.2. The van der Waals surface area contributed by atoms with E-state index < -0.39 is 0 Å². The molecule has 1 fully saturated rings. The van der Waals surface area contributed by atoms with Crippen LogP contribution in [0.4, 0.5) is 5.69 Å². The van der Waals surface area contributed by atoms with E-state index in [0.717, 1.165) is 30.0 Å². The number of halogens is 1. The Morgan fingerprint density at radius 3 is 2.82 bits per heavy atom. The summed E-state index contributed by atoms with van der Waals surface area (Å²) in [5.41, 5.74) is 5.92. The highest BCUT2D eigenvalue weighted by atomic mass is 35.5. The summed E-state index contributed by atoms with van der Waals surface area (Å²) in [6, 6.07) is 7.86. The van der Waals surface area contributed by atoms with Gasteiger partial charge in [-0.15, -0.1) is 24.2 Å². The predicted octanol–water partition coefficient (Wildman–Crippen LogP) is 2.01. The Hall–Kier alpha value is -1.24. The van der Waals surface area contributed by atoms with Gasteiger partial charge >= 0.3 is 0 Å². The maximum atomic E-state index is 12.4. The number of para-hydroxylation sites is 1. The van der Waals surface area contributed by atoms with E-state index in [9.17, 15) is 9.59 Å². The van der Waals surface area contributed by atoms with Crippen molar-refractivity contribution in [2.45, 2.75) is 30.7 Å². The second kappa shape index (κ2) is 9.02. The maximum Gasteiger partial charge on any atom is 0.227 e. The number of carbonyl (C=O) groups excluding carboxylic acids is 2. The van der Waals surface area contributed by atoms with Crippen LogP contribution in [0, 0.1) is 5.92 Å². The second-order valence-corrected chi connectivity index (χ2v) is 6.33. The third-order valence-electron chi connectivity index (χ3n) is 3.51. The number of amides is 2. The second-order valence-electron chi connectivity index (χ2n) is 5.32. The van der Waals surface area contributed by atoms with Crippen LogP contribution in [-0.4, -0.2) is 30.2 Å². The van der Waals surface area contributed by atoms with Crippen LogP contribution < -0.4 is 16.4 Å². The summed E-state index contributed by atoms with van der Waals surface area (Å²) < 4.78 is 0. The molecular weight excluding hydrogens is 322 g/mol. The number of thioether (sulfide) groups is 1. The van der Waals surface area contributed by atoms with Gasteiger partial charge in [0.15, 0.2) is 0 Å². The molecule has 2 atom stereocenters. The van der Waals surface area contributed by atoms with Gasteiger partial charge in [-0.25, -0.2) is 0 Å². The number of nitrogens with one attached hydrogen (secondary N) is 2. The summed E-state index contributed by atoms with van der Waals surface area (Å²) in [6.07, 6.45) is 1.70. The minimum absolute atomic E-state index is 0. The Labute approximate surface area is 141 Å². The lowest BCUT2D eigenvalue weighted by Crippen LogP contribution is -2.40. The van der Waals surface area contributed by atoms with Crippen molar-refractivity contribution in [3.63, 3.8) is 0 Å². The van der Waals surface area contributed by atoms with Gasteiger partial charge in [0.05, 0.1) is 11.4 Å². The average molecular weight is 344 g/mol. The highest BCUT2D eigenvalue weighted by Crippen LogP contribution is 2.28. The van der Waals surface area contributed by atoms with Crippen molar-refractivity contribution in [2.75, 3.05) is 17.6 Å². The average Bonchev–Trinajstić information content (AvgIpc) is 2.46. The number of carbonyl (C=O) groups is 2. The minimum atomic E-state index is -0.367. The molecule has 1 aliphatic rings. The van der Waals surface area contributed by atoms with E-state index in [2.05, 4.69) is 17.6 Å². The number of benzene rings is 1. The van der Waals surface area contributed by atoms with Crippen LogP contribution in [0.5, 0.6) is 0 Å². The first-order chi connectivity index (χ1) is 10.1. The fraction of sp³-hybridized carbons (Fsp3) is 0.467. The van der Waals surface area contributed by atoms with Gasteiger partial charge in [-0.2, -0.15) is 0 Å². The van der Waals surface area contributed by atoms with Crippen molar-refractivity contribution in [3.05, 3.63) is 24.3 Å². The first-order valence-electron chi connectivity index (χ1n) is 7.10. The van der Waals surface area contributed by atoms with E-state index in [4.69, 9.17) is 5.73 Å². The third kappa shape index (κ3) is 5.51. The fourth-order valence-corrected chi connectivity index (χ4v) is 3.20. The van der Waals surface area contributed by atoms with E-state index in [-0.39, 0.29) is 35.9 Å². The highest BCUT2D eigenvalue weighted by Gasteiger charge is 2.25. The molecule has 0 spiro atoms. The summed E-state index contributed by atoms with van der Waals surface area (Å²) >= 11 is 1.34.